The summed E-state index contributed by atoms with van der Waals surface area (Å²) in [5.41, 5.74) is 0.259. The predicted octanol–water partition coefficient (Wildman–Crippen LogP) is 2.30. The minimum Gasteiger partial charge on any atom is -0.258 e. The summed E-state index contributed by atoms with van der Waals surface area (Å²) >= 11 is 0. The molecule has 0 radical (unpaired) electrons. The molecule has 0 spiro atoms. The summed E-state index contributed by atoms with van der Waals surface area (Å²) < 4.78 is 12.8. The van der Waals surface area contributed by atoms with Gasteiger partial charge in [-0.15, -0.1) is 12.3 Å². The smallest absolute Gasteiger partial charge is 0.258 e. The molecule has 0 amide bonds. The summed E-state index contributed by atoms with van der Waals surface area (Å²) in [4.78, 5) is 9.99. The van der Waals surface area contributed by atoms with E-state index in [0.29, 0.717) is 18.4 Å². The molecule has 0 fully saturated rings. The van der Waals surface area contributed by atoms with Gasteiger partial charge < -0.3 is 0 Å². The third-order valence-electron chi connectivity index (χ3n) is 1.78. The molecule has 0 aliphatic heterocycles. The van der Waals surface area contributed by atoms with Crippen molar-refractivity contribution < 1.29 is 9.31 Å². The van der Waals surface area contributed by atoms with E-state index in [2.05, 4.69) is 5.92 Å². The average molecular weight is 193 g/mol. The Morgan fingerprint density at radius 1 is 1.57 bits per heavy atom. The second-order valence-corrected chi connectivity index (χ2v) is 2.73. The van der Waals surface area contributed by atoms with Gasteiger partial charge in [0.15, 0.2) is 0 Å². The van der Waals surface area contributed by atoms with Crippen LogP contribution in [0.15, 0.2) is 18.2 Å². The molecule has 1 aromatic carbocycles. The molecule has 3 nitrogen and oxygen atoms in total. The average Bonchev–Trinajstić information content (AvgIpc) is 2.14. The molecule has 72 valence electrons. The van der Waals surface area contributed by atoms with Gasteiger partial charge in [0.2, 0.25) is 0 Å². The van der Waals surface area contributed by atoms with Crippen LogP contribution < -0.4 is 0 Å². The number of aryl methyl sites for hydroxylation is 1. The second kappa shape index (κ2) is 4.38. The van der Waals surface area contributed by atoms with Crippen LogP contribution in [0.4, 0.5) is 10.1 Å². The number of hydrogen-bond donors (Lipinski definition) is 0. The number of terminal acetylenes is 1. The van der Waals surface area contributed by atoms with Gasteiger partial charge in [-0.25, -0.2) is 4.39 Å². The molecule has 0 saturated carbocycles. The number of benzene rings is 1. The van der Waals surface area contributed by atoms with Crippen LogP contribution >= 0.6 is 0 Å². The normalized spacial score (nSPS) is 9.43. The SMILES string of the molecule is C#CCCc1cc(F)ccc1[N+](=O)[O-]. The van der Waals surface area contributed by atoms with Gasteiger partial charge in [0.25, 0.3) is 5.69 Å². The zero-order valence-electron chi connectivity index (χ0n) is 7.37. The highest BCUT2D eigenvalue weighted by Crippen LogP contribution is 2.20. The maximum atomic E-state index is 12.8. The van der Waals surface area contributed by atoms with Crippen molar-refractivity contribution in [3.05, 3.63) is 39.7 Å². The summed E-state index contributed by atoms with van der Waals surface area (Å²) in [6, 6.07) is 3.37. The number of halogens is 1. The minimum absolute atomic E-state index is 0.0818. The molecule has 0 atom stereocenters. The lowest BCUT2D eigenvalue weighted by molar-refractivity contribution is -0.385. The van der Waals surface area contributed by atoms with E-state index in [0.717, 1.165) is 18.2 Å². The van der Waals surface area contributed by atoms with Crippen molar-refractivity contribution in [2.75, 3.05) is 0 Å². The van der Waals surface area contributed by atoms with Gasteiger partial charge in [0.05, 0.1) is 4.92 Å². The van der Waals surface area contributed by atoms with Crippen molar-refractivity contribution in [2.24, 2.45) is 0 Å². The van der Waals surface area contributed by atoms with Crippen molar-refractivity contribution in [1.82, 2.24) is 0 Å². The van der Waals surface area contributed by atoms with Crippen LogP contribution in [0, 0.1) is 28.3 Å². The highest BCUT2D eigenvalue weighted by molar-refractivity contribution is 5.40. The molecule has 0 heterocycles. The first-order chi connectivity index (χ1) is 6.65. The maximum absolute atomic E-state index is 12.8. The monoisotopic (exact) mass is 193 g/mol. The molecular formula is C10H8FNO2. The Hall–Kier alpha value is -1.89. The lowest BCUT2D eigenvalue weighted by atomic mass is 10.1. The van der Waals surface area contributed by atoms with Crippen molar-refractivity contribution in [2.45, 2.75) is 12.8 Å². The van der Waals surface area contributed by atoms with Gasteiger partial charge in [-0.2, -0.15) is 0 Å². The molecule has 0 aliphatic carbocycles. The molecule has 1 rings (SSSR count). The van der Waals surface area contributed by atoms with Gasteiger partial charge in [-0.3, -0.25) is 10.1 Å². The Morgan fingerprint density at radius 3 is 2.86 bits per heavy atom. The van der Waals surface area contributed by atoms with Gasteiger partial charge in [-0.1, -0.05) is 0 Å². The van der Waals surface area contributed by atoms with E-state index in [4.69, 9.17) is 6.42 Å². The van der Waals surface area contributed by atoms with E-state index in [9.17, 15) is 14.5 Å². The number of rotatable bonds is 3. The fourth-order valence-corrected chi connectivity index (χ4v) is 1.14. The van der Waals surface area contributed by atoms with E-state index in [-0.39, 0.29) is 5.69 Å². The van der Waals surface area contributed by atoms with Crippen LogP contribution in [0.5, 0.6) is 0 Å². The van der Waals surface area contributed by atoms with Crippen LogP contribution in [-0.2, 0) is 6.42 Å². The van der Waals surface area contributed by atoms with E-state index < -0.39 is 10.7 Å². The van der Waals surface area contributed by atoms with E-state index >= 15 is 0 Å². The highest BCUT2D eigenvalue weighted by Gasteiger charge is 2.13. The molecule has 1 aromatic rings. The number of nitro groups is 1. The van der Waals surface area contributed by atoms with E-state index in [1.807, 2.05) is 0 Å². The number of hydrogen-bond acceptors (Lipinski definition) is 2. The zero-order valence-corrected chi connectivity index (χ0v) is 7.37. The molecule has 14 heavy (non-hydrogen) atoms. The van der Waals surface area contributed by atoms with Crippen molar-refractivity contribution >= 4 is 5.69 Å². The van der Waals surface area contributed by atoms with Crippen LogP contribution in [0.3, 0.4) is 0 Å². The Kier molecular flexibility index (Phi) is 3.19. The Balaban J connectivity index is 3.04. The molecule has 0 aliphatic rings. The molecule has 0 N–H and O–H groups in total. The fraction of sp³-hybridized carbons (Fsp3) is 0.200. The molecule has 0 saturated heterocycles. The van der Waals surface area contributed by atoms with Gasteiger partial charge in [-0.05, 0) is 18.6 Å². The maximum Gasteiger partial charge on any atom is 0.272 e. The second-order valence-electron chi connectivity index (χ2n) is 2.73. The molecular weight excluding hydrogens is 185 g/mol. The Bertz CT molecular complexity index is 396. The van der Waals surface area contributed by atoms with E-state index in [1.165, 1.54) is 0 Å². The fourth-order valence-electron chi connectivity index (χ4n) is 1.14. The summed E-state index contributed by atoms with van der Waals surface area (Å²) in [5, 5.41) is 10.5. The minimum atomic E-state index is -0.536. The first-order valence-corrected chi connectivity index (χ1v) is 4.01. The standard InChI is InChI=1S/C10H8FNO2/c1-2-3-4-8-7-9(11)5-6-10(8)12(13)14/h1,5-7H,3-4H2. The molecule has 0 unspecified atom stereocenters. The van der Waals surface area contributed by atoms with Crippen molar-refractivity contribution in [3.63, 3.8) is 0 Å². The number of nitro benzene ring substituents is 1. The first-order valence-electron chi connectivity index (χ1n) is 4.01. The van der Waals surface area contributed by atoms with Crippen LogP contribution in [0.2, 0.25) is 0 Å². The summed E-state index contributed by atoms with van der Waals surface area (Å²) in [6.45, 7) is 0. The Labute approximate surface area is 80.7 Å². The first kappa shape index (κ1) is 10.2. The number of nitrogens with zero attached hydrogens (tertiary/aromatic N) is 1. The third-order valence-corrected chi connectivity index (χ3v) is 1.78. The van der Waals surface area contributed by atoms with E-state index in [1.54, 1.807) is 0 Å². The lowest BCUT2D eigenvalue weighted by Crippen LogP contribution is -1.96. The summed E-state index contributed by atoms with van der Waals surface area (Å²) in [6.07, 6.45) is 5.72. The zero-order chi connectivity index (χ0) is 10.6. The predicted molar refractivity (Wildman–Crippen MR) is 50.2 cm³/mol. The molecule has 0 aromatic heterocycles. The van der Waals surface area contributed by atoms with Crippen molar-refractivity contribution in [3.8, 4) is 12.3 Å². The molecule has 4 heteroatoms. The topological polar surface area (TPSA) is 43.1 Å². The van der Waals surface area contributed by atoms with Crippen LogP contribution in [0.25, 0.3) is 0 Å². The van der Waals surface area contributed by atoms with Gasteiger partial charge in [0.1, 0.15) is 5.82 Å². The summed E-state index contributed by atoms with van der Waals surface area (Å²) in [7, 11) is 0. The molecule has 0 bridgehead atoms. The lowest BCUT2D eigenvalue weighted by Gasteiger charge is -2.00. The van der Waals surface area contributed by atoms with Gasteiger partial charge in [0, 0.05) is 18.1 Å². The largest absolute Gasteiger partial charge is 0.272 e. The Morgan fingerprint density at radius 2 is 2.29 bits per heavy atom. The quantitative estimate of drug-likeness (QED) is 0.420. The van der Waals surface area contributed by atoms with Gasteiger partial charge >= 0.3 is 0 Å². The van der Waals surface area contributed by atoms with Crippen LogP contribution in [-0.4, -0.2) is 4.92 Å². The van der Waals surface area contributed by atoms with Crippen LogP contribution in [0.1, 0.15) is 12.0 Å². The summed E-state index contributed by atoms with van der Waals surface area (Å²) in [5.74, 6) is 1.87. The third kappa shape index (κ3) is 2.30. The highest BCUT2D eigenvalue weighted by atomic mass is 19.1. The van der Waals surface area contributed by atoms with Crippen molar-refractivity contribution in [1.29, 1.82) is 0 Å².